The summed E-state index contributed by atoms with van der Waals surface area (Å²) in [6.45, 7) is 9.71. The molecule has 28 heavy (non-hydrogen) atoms. The number of nitrogens with zero attached hydrogens (tertiary/aromatic N) is 2. The number of hydrogen-bond acceptors (Lipinski definition) is 4. The van der Waals surface area contributed by atoms with Crippen molar-refractivity contribution < 1.29 is 9.59 Å². The zero-order chi connectivity index (χ0) is 20.1. The van der Waals surface area contributed by atoms with Crippen LogP contribution < -0.4 is 10.6 Å². The van der Waals surface area contributed by atoms with Gasteiger partial charge in [-0.15, -0.1) is 0 Å². The van der Waals surface area contributed by atoms with E-state index in [2.05, 4.69) is 20.4 Å². The van der Waals surface area contributed by atoms with Gasteiger partial charge in [-0.3, -0.25) is 19.4 Å². The molecular weight excluding hydrogens is 352 g/mol. The Morgan fingerprint density at radius 2 is 1.79 bits per heavy atom. The van der Waals surface area contributed by atoms with E-state index in [1.54, 1.807) is 0 Å². The van der Waals surface area contributed by atoms with Crippen LogP contribution in [0.15, 0.2) is 18.2 Å². The maximum Gasteiger partial charge on any atom is 0.238 e. The van der Waals surface area contributed by atoms with Crippen LogP contribution >= 0.6 is 0 Å². The molecule has 6 heteroatoms. The fourth-order valence-corrected chi connectivity index (χ4v) is 4.15. The molecule has 154 valence electrons. The summed E-state index contributed by atoms with van der Waals surface area (Å²) in [4.78, 5) is 29.3. The Labute approximate surface area is 168 Å². The number of piperazine rings is 1. The summed E-state index contributed by atoms with van der Waals surface area (Å²) < 4.78 is 0. The standard InChI is InChI=1S/C22H34N4O2/c1-16-7-6-10-20(17(16)2)24-21(27)15-25-11-13-26(14-12-25)18(3)22(28)23-19-8-4-5-9-19/h6-7,10,18-19H,4-5,8-9,11-15H2,1-3H3,(H,23,28)(H,24,27). The smallest absolute Gasteiger partial charge is 0.238 e. The Balaban J connectivity index is 1.42. The van der Waals surface area contributed by atoms with Crippen molar-refractivity contribution in [3.63, 3.8) is 0 Å². The monoisotopic (exact) mass is 386 g/mol. The lowest BCUT2D eigenvalue weighted by atomic mass is 10.1. The molecule has 1 unspecified atom stereocenters. The molecule has 1 aliphatic heterocycles. The Kier molecular flexibility index (Phi) is 7.08. The molecule has 2 amide bonds. The van der Waals surface area contributed by atoms with Gasteiger partial charge in [-0.2, -0.15) is 0 Å². The molecule has 2 fully saturated rings. The van der Waals surface area contributed by atoms with Crippen LogP contribution in [0.1, 0.15) is 43.7 Å². The highest BCUT2D eigenvalue weighted by Gasteiger charge is 2.28. The average Bonchev–Trinajstić information content (AvgIpc) is 3.18. The molecule has 0 aromatic heterocycles. The van der Waals surface area contributed by atoms with E-state index in [9.17, 15) is 9.59 Å². The van der Waals surface area contributed by atoms with Gasteiger partial charge in [0.25, 0.3) is 0 Å². The molecular formula is C22H34N4O2. The normalized spacial score (nSPS) is 20.1. The lowest BCUT2D eigenvalue weighted by Crippen LogP contribution is -2.55. The van der Waals surface area contributed by atoms with Gasteiger partial charge in [-0.1, -0.05) is 25.0 Å². The van der Waals surface area contributed by atoms with Crippen LogP contribution in [-0.4, -0.2) is 66.4 Å². The molecule has 1 aromatic carbocycles. The third-order valence-electron chi connectivity index (χ3n) is 6.28. The second-order valence-corrected chi connectivity index (χ2v) is 8.27. The van der Waals surface area contributed by atoms with Crippen LogP contribution in [0.3, 0.4) is 0 Å². The largest absolute Gasteiger partial charge is 0.352 e. The topological polar surface area (TPSA) is 64.7 Å². The van der Waals surface area contributed by atoms with E-state index in [-0.39, 0.29) is 17.9 Å². The number of amides is 2. The highest BCUT2D eigenvalue weighted by molar-refractivity contribution is 5.93. The van der Waals surface area contributed by atoms with Gasteiger partial charge in [0.1, 0.15) is 0 Å². The minimum atomic E-state index is -0.105. The molecule has 0 bridgehead atoms. The fraction of sp³-hybridized carbons (Fsp3) is 0.636. The van der Waals surface area contributed by atoms with Gasteiger partial charge in [0.05, 0.1) is 12.6 Å². The Bertz CT molecular complexity index is 692. The van der Waals surface area contributed by atoms with E-state index < -0.39 is 0 Å². The molecule has 1 aromatic rings. The number of aryl methyl sites for hydroxylation is 1. The van der Waals surface area contributed by atoms with Gasteiger partial charge < -0.3 is 10.6 Å². The maximum atomic E-state index is 12.5. The molecule has 1 atom stereocenters. The summed E-state index contributed by atoms with van der Waals surface area (Å²) in [7, 11) is 0. The van der Waals surface area contributed by atoms with Crippen LogP contribution in [-0.2, 0) is 9.59 Å². The number of hydrogen-bond donors (Lipinski definition) is 2. The summed E-state index contributed by atoms with van der Waals surface area (Å²) in [5, 5.41) is 6.23. The molecule has 1 heterocycles. The van der Waals surface area contributed by atoms with E-state index in [0.717, 1.165) is 50.3 Å². The van der Waals surface area contributed by atoms with Crippen LogP contribution in [0.25, 0.3) is 0 Å². The highest BCUT2D eigenvalue weighted by Crippen LogP contribution is 2.19. The first-order valence-electron chi connectivity index (χ1n) is 10.6. The van der Waals surface area contributed by atoms with Crippen molar-refractivity contribution in [1.29, 1.82) is 0 Å². The van der Waals surface area contributed by atoms with Crippen molar-refractivity contribution in [1.82, 2.24) is 15.1 Å². The van der Waals surface area contributed by atoms with Gasteiger partial charge in [0.2, 0.25) is 11.8 Å². The van der Waals surface area contributed by atoms with Crippen LogP contribution in [0.5, 0.6) is 0 Å². The van der Waals surface area contributed by atoms with Crippen LogP contribution in [0.2, 0.25) is 0 Å². The molecule has 6 nitrogen and oxygen atoms in total. The number of rotatable bonds is 6. The van der Waals surface area contributed by atoms with Crippen molar-refractivity contribution >= 4 is 17.5 Å². The zero-order valence-corrected chi connectivity index (χ0v) is 17.5. The summed E-state index contributed by atoms with van der Waals surface area (Å²) in [5.41, 5.74) is 3.18. The van der Waals surface area contributed by atoms with E-state index in [0.29, 0.717) is 12.6 Å². The first-order valence-corrected chi connectivity index (χ1v) is 10.6. The molecule has 0 radical (unpaired) electrons. The second-order valence-electron chi connectivity index (χ2n) is 8.27. The predicted molar refractivity (Wildman–Crippen MR) is 112 cm³/mol. The second kappa shape index (κ2) is 9.52. The highest BCUT2D eigenvalue weighted by atomic mass is 16.2. The summed E-state index contributed by atoms with van der Waals surface area (Å²) in [5.74, 6) is 0.169. The molecule has 1 aliphatic carbocycles. The van der Waals surface area contributed by atoms with Gasteiger partial charge in [0.15, 0.2) is 0 Å². The quantitative estimate of drug-likeness (QED) is 0.787. The number of nitrogens with one attached hydrogen (secondary N) is 2. The number of anilines is 1. The van der Waals surface area contributed by atoms with Crippen LogP contribution in [0, 0.1) is 13.8 Å². The minimum absolute atomic E-state index is 0.0224. The first-order chi connectivity index (χ1) is 13.4. The Morgan fingerprint density at radius 3 is 2.46 bits per heavy atom. The van der Waals surface area contributed by atoms with Crippen molar-refractivity contribution in [3.8, 4) is 0 Å². The van der Waals surface area contributed by atoms with Crippen molar-refractivity contribution in [2.45, 2.75) is 58.5 Å². The van der Waals surface area contributed by atoms with E-state index in [1.165, 1.54) is 18.4 Å². The van der Waals surface area contributed by atoms with Gasteiger partial charge in [0, 0.05) is 37.9 Å². The van der Waals surface area contributed by atoms with Crippen LogP contribution in [0.4, 0.5) is 5.69 Å². The Hall–Kier alpha value is -1.92. The van der Waals surface area contributed by atoms with Crippen molar-refractivity contribution in [3.05, 3.63) is 29.3 Å². The summed E-state index contributed by atoms with van der Waals surface area (Å²) >= 11 is 0. The summed E-state index contributed by atoms with van der Waals surface area (Å²) in [6.07, 6.45) is 4.67. The summed E-state index contributed by atoms with van der Waals surface area (Å²) in [6, 6.07) is 6.22. The van der Waals surface area contributed by atoms with E-state index in [4.69, 9.17) is 0 Å². The zero-order valence-electron chi connectivity index (χ0n) is 17.5. The third-order valence-corrected chi connectivity index (χ3v) is 6.28. The lowest BCUT2D eigenvalue weighted by Gasteiger charge is -2.37. The van der Waals surface area contributed by atoms with Gasteiger partial charge in [-0.05, 0) is 50.8 Å². The van der Waals surface area contributed by atoms with Crippen molar-refractivity contribution in [2.24, 2.45) is 0 Å². The first kappa shape index (κ1) is 20.8. The van der Waals surface area contributed by atoms with Crippen molar-refractivity contribution in [2.75, 3.05) is 38.0 Å². The molecule has 3 rings (SSSR count). The fourth-order valence-electron chi connectivity index (χ4n) is 4.15. The lowest BCUT2D eigenvalue weighted by molar-refractivity contribution is -0.127. The van der Waals surface area contributed by atoms with E-state index >= 15 is 0 Å². The molecule has 1 saturated heterocycles. The number of carbonyl (C=O) groups is 2. The minimum Gasteiger partial charge on any atom is -0.352 e. The number of carbonyl (C=O) groups excluding carboxylic acids is 2. The number of benzene rings is 1. The molecule has 2 N–H and O–H groups in total. The van der Waals surface area contributed by atoms with Gasteiger partial charge in [-0.25, -0.2) is 0 Å². The maximum absolute atomic E-state index is 12.5. The van der Waals surface area contributed by atoms with Gasteiger partial charge >= 0.3 is 0 Å². The molecule has 0 spiro atoms. The van der Waals surface area contributed by atoms with E-state index in [1.807, 2.05) is 39.0 Å². The predicted octanol–water partition coefficient (Wildman–Crippen LogP) is 2.31. The average molecular weight is 387 g/mol. The third kappa shape index (κ3) is 5.32. The SMILES string of the molecule is Cc1cccc(NC(=O)CN2CCN(C(C)C(=O)NC3CCCC3)CC2)c1C. The molecule has 1 saturated carbocycles. The molecule has 2 aliphatic rings. The Morgan fingerprint density at radius 1 is 1.11 bits per heavy atom.